The molecule has 21 heavy (non-hydrogen) atoms. The third kappa shape index (κ3) is 4.17. The molecule has 4 nitrogen and oxygen atoms in total. The first-order valence-corrected chi connectivity index (χ1v) is 9.04. The number of esters is 1. The van der Waals surface area contributed by atoms with Gasteiger partial charge in [-0.2, -0.15) is 0 Å². The SMILES string of the molecule is CC1CCCCC1OC(=O)c1cc(F)cc(S(=O)(=O)Cl)c1. The first-order valence-electron chi connectivity index (χ1n) is 6.73. The van der Waals surface area contributed by atoms with Crippen molar-refractivity contribution >= 4 is 25.7 Å². The molecule has 1 aromatic carbocycles. The molecule has 0 radical (unpaired) electrons. The lowest BCUT2D eigenvalue weighted by molar-refractivity contribution is 0.00474. The summed E-state index contributed by atoms with van der Waals surface area (Å²) in [5, 5.41) is 0. The third-order valence-corrected chi connectivity index (χ3v) is 5.01. The van der Waals surface area contributed by atoms with Crippen LogP contribution in [0, 0.1) is 11.7 Å². The zero-order chi connectivity index (χ0) is 15.6. The van der Waals surface area contributed by atoms with E-state index < -0.39 is 25.7 Å². The first-order chi connectivity index (χ1) is 9.77. The van der Waals surface area contributed by atoms with E-state index in [-0.39, 0.29) is 17.6 Å². The summed E-state index contributed by atoms with van der Waals surface area (Å²) in [6.45, 7) is 2.00. The molecule has 2 rings (SSSR count). The van der Waals surface area contributed by atoms with E-state index in [9.17, 15) is 17.6 Å². The van der Waals surface area contributed by atoms with Crippen LogP contribution in [0.3, 0.4) is 0 Å². The second-order valence-electron chi connectivity index (χ2n) is 5.32. The molecule has 1 aliphatic rings. The van der Waals surface area contributed by atoms with Gasteiger partial charge in [0.2, 0.25) is 0 Å². The van der Waals surface area contributed by atoms with Crippen LogP contribution in [-0.2, 0) is 13.8 Å². The highest BCUT2D eigenvalue weighted by atomic mass is 35.7. The summed E-state index contributed by atoms with van der Waals surface area (Å²) in [4.78, 5) is 11.6. The van der Waals surface area contributed by atoms with Gasteiger partial charge in [-0.25, -0.2) is 17.6 Å². The summed E-state index contributed by atoms with van der Waals surface area (Å²) in [6.07, 6.45) is 3.60. The zero-order valence-corrected chi connectivity index (χ0v) is 13.1. The van der Waals surface area contributed by atoms with Crippen LogP contribution in [0.4, 0.5) is 4.39 Å². The Morgan fingerprint density at radius 1 is 1.29 bits per heavy atom. The molecule has 0 amide bonds. The lowest BCUT2D eigenvalue weighted by Gasteiger charge is -2.28. The maximum atomic E-state index is 13.4. The van der Waals surface area contributed by atoms with Gasteiger partial charge in [-0.05, 0) is 43.4 Å². The van der Waals surface area contributed by atoms with Gasteiger partial charge in [-0.3, -0.25) is 0 Å². The highest BCUT2D eigenvalue weighted by molar-refractivity contribution is 8.13. The van der Waals surface area contributed by atoms with Crippen LogP contribution in [0.25, 0.3) is 0 Å². The predicted molar refractivity (Wildman–Crippen MR) is 76.3 cm³/mol. The third-order valence-electron chi connectivity index (χ3n) is 3.68. The number of rotatable bonds is 3. The Morgan fingerprint density at radius 3 is 2.57 bits per heavy atom. The lowest BCUT2D eigenvalue weighted by Crippen LogP contribution is -2.28. The smallest absolute Gasteiger partial charge is 0.338 e. The predicted octanol–water partition coefficient (Wildman–Crippen LogP) is 3.49. The maximum absolute atomic E-state index is 13.4. The van der Waals surface area contributed by atoms with Gasteiger partial charge in [0, 0.05) is 10.7 Å². The minimum atomic E-state index is -4.10. The minimum Gasteiger partial charge on any atom is -0.458 e. The van der Waals surface area contributed by atoms with Crippen LogP contribution in [0.5, 0.6) is 0 Å². The van der Waals surface area contributed by atoms with E-state index in [2.05, 4.69) is 0 Å². The largest absolute Gasteiger partial charge is 0.458 e. The number of ether oxygens (including phenoxy) is 1. The lowest BCUT2D eigenvalue weighted by atomic mass is 9.88. The molecule has 0 spiro atoms. The van der Waals surface area contributed by atoms with E-state index in [0.717, 1.165) is 43.9 Å². The standard InChI is InChI=1S/C14H16ClFO4S/c1-9-4-2-3-5-13(9)20-14(17)10-6-11(16)8-12(7-10)21(15,18)19/h6-9,13H,2-5H2,1H3. The van der Waals surface area contributed by atoms with E-state index >= 15 is 0 Å². The molecule has 0 heterocycles. The Kier molecular flexibility index (Phi) is 4.88. The van der Waals surface area contributed by atoms with Crippen molar-refractivity contribution in [2.24, 2.45) is 5.92 Å². The average molecular weight is 335 g/mol. The number of hydrogen-bond donors (Lipinski definition) is 0. The zero-order valence-electron chi connectivity index (χ0n) is 11.5. The summed E-state index contributed by atoms with van der Waals surface area (Å²) in [5.41, 5.74) is -0.146. The molecule has 2 unspecified atom stereocenters. The van der Waals surface area contributed by atoms with Crippen LogP contribution < -0.4 is 0 Å². The summed E-state index contributed by atoms with van der Waals surface area (Å²) in [5.74, 6) is -1.33. The van der Waals surface area contributed by atoms with Crippen molar-refractivity contribution in [3.63, 3.8) is 0 Å². The topological polar surface area (TPSA) is 60.4 Å². The van der Waals surface area contributed by atoms with Gasteiger partial charge in [-0.1, -0.05) is 13.3 Å². The maximum Gasteiger partial charge on any atom is 0.338 e. The van der Waals surface area contributed by atoms with Crippen molar-refractivity contribution in [1.82, 2.24) is 0 Å². The van der Waals surface area contributed by atoms with Crippen molar-refractivity contribution < 1.29 is 22.3 Å². The van der Waals surface area contributed by atoms with E-state index in [1.54, 1.807) is 0 Å². The molecular weight excluding hydrogens is 319 g/mol. The van der Waals surface area contributed by atoms with Gasteiger partial charge in [0.1, 0.15) is 11.9 Å². The molecule has 0 saturated heterocycles. The number of carbonyl (C=O) groups is 1. The van der Waals surface area contributed by atoms with Crippen LogP contribution in [-0.4, -0.2) is 20.5 Å². The van der Waals surface area contributed by atoms with Gasteiger partial charge in [-0.15, -0.1) is 0 Å². The number of carbonyl (C=O) groups excluding carboxylic acids is 1. The molecule has 1 aliphatic carbocycles. The summed E-state index contributed by atoms with van der Waals surface area (Å²) >= 11 is 0. The van der Waals surface area contributed by atoms with Crippen molar-refractivity contribution in [2.75, 3.05) is 0 Å². The molecule has 1 fully saturated rings. The molecule has 7 heteroatoms. The van der Waals surface area contributed by atoms with Crippen LogP contribution in [0.1, 0.15) is 43.0 Å². The molecule has 1 saturated carbocycles. The molecule has 2 atom stereocenters. The van der Waals surface area contributed by atoms with Crippen molar-refractivity contribution in [3.05, 3.63) is 29.6 Å². The van der Waals surface area contributed by atoms with Crippen LogP contribution in [0.2, 0.25) is 0 Å². The normalized spacial score (nSPS) is 22.8. The van der Waals surface area contributed by atoms with Gasteiger partial charge in [0.15, 0.2) is 0 Å². The van der Waals surface area contributed by atoms with Crippen LogP contribution >= 0.6 is 10.7 Å². The van der Waals surface area contributed by atoms with E-state index in [1.807, 2.05) is 6.92 Å². The molecule has 0 aliphatic heterocycles. The first kappa shape index (κ1) is 16.2. The van der Waals surface area contributed by atoms with E-state index in [0.29, 0.717) is 0 Å². The molecule has 116 valence electrons. The van der Waals surface area contributed by atoms with Gasteiger partial charge < -0.3 is 4.74 Å². The van der Waals surface area contributed by atoms with E-state index in [1.165, 1.54) is 0 Å². The highest BCUT2D eigenvalue weighted by Crippen LogP contribution is 2.27. The fourth-order valence-corrected chi connectivity index (χ4v) is 3.27. The molecule has 0 bridgehead atoms. The van der Waals surface area contributed by atoms with Gasteiger partial charge >= 0.3 is 5.97 Å². The molecule has 0 aromatic heterocycles. The Morgan fingerprint density at radius 2 is 1.95 bits per heavy atom. The fraction of sp³-hybridized carbons (Fsp3) is 0.500. The Hall–Kier alpha value is -1.14. The van der Waals surface area contributed by atoms with Crippen molar-refractivity contribution in [2.45, 2.75) is 43.6 Å². The Labute approximate surface area is 127 Å². The Balaban J connectivity index is 2.21. The quantitative estimate of drug-likeness (QED) is 0.627. The minimum absolute atomic E-state index is 0.146. The Bertz CT molecular complexity index is 644. The van der Waals surface area contributed by atoms with Gasteiger partial charge in [0.05, 0.1) is 10.5 Å². The average Bonchev–Trinajstić information content (AvgIpc) is 2.39. The second kappa shape index (κ2) is 6.32. The molecular formula is C14H16ClFO4S. The summed E-state index contributed by atoms with van der Waals surface area (Å²) < 4.78 is 41.3. The monoisotopic (exact) mass is 334 g/mol. The van der Waals surface area contributed by atoms with Crippen LogP contribution in [0.15, 0.2) is 23.1 Å². The number of benzene rings is 1. The van der Waals surface area contributed by atoms with E-state index in [4.69, 9.17) is 15.4 Å². The van der Waals surface area contributed by atoms with Crippen molar-refractivity contribution in [1.29, 1.82) is 0 Å². The molecule has 0 N–H and O–H groups in total. The number of hydrogen-bond acceptors (Lipinski definition) is 4. The molecule has 1 aromatic rings. The summed E-state index contributed by atoms with van der Waals surface area (Å²) in [7, 11) is 1.07. The summed E-state index contributed by atoms with van der Waals surface area (Å²) in [6, 6.07) is 2.74. The van der Waals surface area contributed by atoms with Gasteiger partial charge in [0.25, 0.3) is 9.05 Å². The number of halogens is 2. The second-order valence-corrected chi connectivity index (χ2v) is 7.88. The fourth-order valence-electron chi connectivity index (χ4n) is 2.48. The van der Waals surface area contributed by atoms with Crippen molar-refractivity contribution in [3.8, 4) is 0 Å². The highest BCUT2D eigenvalue weighted by Gasteiger charge is 2.26.